The van der Waals surface area contributed by atoms with Crippen molar-refractivity contribution in [2.75, 3.05) is 0 Å². The first-order valence-corrected chi connectivity index (χ1v) is 3.08. The topological polar surface area (TPSA) is 54.4 Å². The average molecular weight is 143 g/mol. The van der Waals surface area contributed by atoms with E-state index in [0.717, 1.165) is 0 Å². The summed E-state index contributed by atoms with van der Waals surface area (Å²) in [6.45, 7) is 2.75. The third-order valence-electron chi connectivity index (χ3n) is 0.280. The van der Waals surface area contributed by atoms with Crippen molar-refractivity contribution in [1.82, 2.24) is 0 Å². The van der Waals surface area contributed by atoms with Gasteiger partial charge in [0.05, 0.1) is 0 Å². The fraction of sp³-hybridized carbons (Fsp3) is 0. The SMILES string of the molecule is C=C(Cl)S(=O)(=O)O. The maximum atomic E-state index is 9.66. The Morgan fingerprint density at radius 2 is 1.86 bits per heavy atom. The minimum absolute atomic E-state index is 0.757. The molecule has 0 atom stereocenters. The molecule has 7 heavy (non-hydrogen) atoms. The molecule has 0 rings (SSSR count). The highest BCUT2D eigenvalue weighted by atomic mass is 35.5. The molecule has 0 aromatic carbocycles. The van der Waals surface area contributed by atoms with Crippen LogP contribution in [0.1, 0.15) is 0 Å². The van der Waals surface area contributed by atoms with Crippen molar-refractivity contribution in [2.24, 2.45) is 0 Å². The van der Waals surface area contributed by atoms with E-state index in [-0.39, 0.29) is 0 Å². The zero-order chi connectivity index (χ0) is 6.08. The molecule has 0 spiro atoms. The minimum Gasteiger partial charge on any atom is -0.281 e. The van der Waals surface area contributed by atoms with E-state index in [4.69, 9.17) is 16.2 Å². The zero-order valence-corrected chi connectivity index (χ0v) is 4.83. The lowest BCUT2D eigenvalue weighted by atomic mass is 11.3. The van der Waals surface area contributed by atoms with Crippen LogP contribution in [0.25, 0.3) is 0 Å². The van der Waals surface area contributed by atoms with Gasteiger partial charge in [0.1, 0.15) is 0 Å². The van der Waals surface area contributed by atoms with Crippen molar-refractivity contribution >= 4 is 21.7 Å². The molecule has 0 aliphatic carbocycles. The van der Waals surface area contributed by atoms with Gasteiger partial charge in [-0.25, -0.2) is 0 Å². The first-order valence-electron chi connectivity index (χ1n) is 1.26. The molecule has 1 N–H and O–H groups in total. The Morgan fingerprint density at radius 1 is 1.71 bits per heavy atom. The van der Waals surface area contributed by atoms with Gasteiger partial charge in [0.2, 0.25) is 0 Å². The fourth-order valence-electron chi connectivity index (χ4n) is 0. The highest BCUT2D eigenvalue weighted by molar-refractivity contribution is 7.91. The van der Waals surface area contributed by atoms with Crippen LogP contribution in [-0.4, -0.2) is 13.0 Å². The number of halogens is 1. The van der Waals surface area contributed by atoms with E-state index in [1.165, 1.54) is 0 Å². The first kappa shape index (κ1) is 6.94. The quantitative estimate of drug-likeness (QED) is 0.545. The van der Waals surface area contributed by atoms with Gasteiger partial charge in [-0.05, 0) is 0 Å². The van der Waals surface area contributed by atoms with Crippen molar-refractivity contribution in [3.63, 3.8) is 0 Å². The molecule has 0 saturated carbocycles. The monoisotopic (exact) mass is 142 g/mol. The maximum absolute atomic E-state index is 9.66. The lowest BCUT2D eigenvalue weighted by Gasteiger charge is -1.83. The Kier molecular flexibility index (Phi) is 1.80. The largest absolute Gasteiger partial charge is 0.304 e. The van der Waals surface area contributed by atoms with Crippen LogP contribution in [0.3, 0.4) is 0 Å². The standard InChI is InChI=1S/C2H3ClO3S/c1-2(3)7(4,5)6/h1H2,(H,4,5,6). The van der Waals surface area contributed by atoms with Crippen LogP contribution in [0.4, 0.5) is 0 Å². The second-order valence-electron chi connectivity index (χ2n) is 0.830. The smallest absolute Gasteiger partial charge is 0.281 e. The number of hydrogen-bond acceptors (Lipinski definition) is 2. The molecular formula is C2H3ClO3S. The third-order valence-corrected chi connectivity index (χ3v) is 1.42. The molecule has 0 radical (unpaired) electrons. The molecule has 0 aromatic heterocycles. The summed E-state index contributed by atoms with van der Waals surface area (Å²) in [5.74, 6) is 0. The molecule has 0 aromatic rings. The Morgan fingerprint density at radius 3 is 1.86 bits per heavy atom. The summed E-state index contributed by atoms with van der Waals surface area (Å²) in [5, 5.41) is 0. The van der Waals surface area contributed by atoms with Crippen molar-refractivity contribution in [3.05, 3.63) is 10.9 Å². The predicted molar refractivity (Wildman–Crippen MR) is 26.5 cm³/mol. The number of rotatable bonds is 1. The molecule has 0 bridgehead atoms. The van der Waals surface area contributed by atoms with E-state index in [2.05, 4.69) is 6.58 Å². The van der Waals surface area contributed by atoms with E-state index in [0.29, 0.717) is 0 Å². The van der Waals surface area contributed by atoms with E-state index in [1.807, 2.05) is 0 Å². The van der Waals surface area contributed by atoms with Gasteiger partial charge in [-0.1, -0.05) is 18.2 Å². The summed E-state index contributed by atoms with van der Waals surface area (Å²) >= 11 is 4.72. The highest BCUT2D eigenvalue weighted by Gasteiger charge is 2.04. The van der Waals surface area contributed by atoms with E-state index in [9.17, 15) is 8.42 Å². The van der Waals surface area contributed by atoms with E-state index >= 15 is 0 Å². The van der Waals surface area contributed by atoms with Crippen LogP contribution in [0.15, 0.2) is 10.9 Å². The van der Waals surface area contributed by atoms with Crippen LogP contribution in [-0.2, 0) is 10.1 Å². The van der Waals surface area contributed by atoms with Gasteiger partial charge in [-0.3, -0.25) is 4.55 Å². The van der Waals surface area contributed by atoms with E-state index in [1.54, 1.807) is 0 Å². The second-order valence-corrected chi connectivity index (χ2v) is 2.95. The Balaban J connectivity index is 4.43. The summed E-state index contributed by atoms with van der Waals surface area (Å²) in [6.07, 6.45) is 0. The molecule has 0 aliphatic heterocycles. The summed E-state index contributed by atoms with van der Waals surface area (Å²) < 4.78 is 26.4. The minimum atomic E-state index is -4.17. The average Bonchev–Trinajstić information content (AvgIpc) is 1.31. The molecule has 0 fully saturated rings. The highest BCUT2D eigenvalue weighted by Crippen LogP contribution is 2.03. The van der Waals surface area contributed by atoms with Crippen LogP contribution in [0, 0.1) is 0 Å². The molecule has 42 valence electrons. The van der Waals surface area contributed by atoms with Crippen LogP contribution < -0.4 is 0 Å². The zero-order valence-electron chi connectivity index (χ0n) is 3.26. The van der Waals surface area contributed by atoms with Crippen LogP contribution >= 0.6 is 11.6 Å². The van der Waals surface area contributed by atoms with Crippen molar-refractivity contribution in [2.45, 2.75) is 0 Å². The Labute approximate surface area is 46.3 Å². The van der Waals surface area contributed by atoms with Crippen LogP contribution in [0.2, 0.25) is 0 Å². The normalized spacial score (nSPS) is 11.1. The maximum Gasteiger partial charge on any atom is 0.304 e. The summed E-state index contributed by atoms with van der Waals surface area (Å²) in [5.41, 5.74) is 0. The van der Waals surface area contributed by atoms with Crippen molar-refractivity contribution in [3.8, 4) is 0 Å². The van der Waals surface area contributed by atoms with Crippen molar-refractivity contribution in [1.29, 1.82) is 0 Å². The Hall–Kier alpha value is -0.0600. The van der Waals surface area contributed by atoms with Gasteiger partial charge >= 0.3 is 10.1 Å². The molecule has 0 saturated heterocycles. The molecule has 3 nitrogen and oxygen atoms in total. The predicted octanol–water partition coefficient (Wildman–Crippen LogP) is 0.584. The molecule has 5 heteroatoms. The molecule has 0 unspecified atom stereocenters. The lowest BCUT2D eigenvalue weighted by molar-refractivity contribution is 0.493. The summed E-state index contributed by atoms with van der Waals surface area (Å²) in [4.78, 5) is 0. The van der Waals surface area contributed by atoms with Gasteiger partial charge in [0, 0.05) is 0 Å². The first-order chi connectivity index (χ1) is 2.94. The molecule has 0 amide bonds. The summed E-state index contributed by atoms with van der Waals surface area (Å²) in [6, 6.07) is 0. The van der Waals surface area contributed by atoms with Gasteiger partial charge in [0.25, 0.3) is 0 Å². The lowest BCUT2D eigenvalue weighted by Crippen LogP contribution is -1.93. The van der Waals surface area contributed by atoms with Gasteiger partial charge in [0.15, 0.2) is 4.36 Å². The molecule has 0 heterocycles. The second kappa shape index (κ2) is 1.81. The van der Waals surface area contributed by atoms with Crippen molar-refractivity contribution < 1.29 is 13.0 Å². The van der Waals surface area contributed by atoms with E-state index < -0.39 is 14.5 Å². The number of hydrogen-bond donors (Lipinski definition) is 1. The molecular weight excluding hydrogens is 140 g/mol. The summed E-state index contributed by atoms with van der Waals surface area (Å²) in [7, 11) is -4.17. The van der Waals surface area contributed by atoms with Crippen LogP contribution in [0.5, 0.6) is 0 Å². The van der Waals surface area contributed by atoms with Gasteiger partial charge in [-0.15, -0.1) is 0 Å². The van der Waals surface area contributed by atoms with Gasteiger partial charge < -0.3 is 0 Å². The third kappa shape index (κ3) is 2.61. The fourth-order valence-corrected chi connectivity index (χ4v) is 0. The van der Waals surface area contributed by atoms with Gasteiger partial charge in [-0.2, -0.15) is 8.42 Å². The molecule has 0 aliphatic rings. The Bertz CT molecular complexity index is 167.